The molecule has 6 heterocycles. The van der Waals surface area contributed by atoms with Gasteiger partial charge in [-0.25, -0.2) is 0 Å². The zero-order valence-corrected chi connectivity index (χ0v) is 42.4. The number of rotatable bonds is 7. The molecule has 9 rings (SSSR count). The Hall–Kier alpha value is -6.81. The number of amides is 2. The highest BCUT2D eigenvalue weighted by molar-refractivity contribution is 6.19. The molecular formula is C55H67N7O11. The minimum absolute atomic E-state index is 0.0313. The number of esters is 1. The van der Waals surface area contributed by atoms with E-state index in [4.69, 9.17) is 24.2 Å². The Bertz CT molecular complexity index is 2930. The number of allylic oxidation sites excluding steroid dienone is 3. The van der Waals surface area contributed by atoms with Crippen molar-refractivity contribution in [2.24, 2.45) is 21.8 Å². The highest BCUT2D eigenvalue weighted by Crippen LogP contribution is 2.50. The average Bonchev–Trinajstić information content (AvgIpc) is 3.85. The number of benzene rings is 3. The number of Topliss-reactive ketones (excluding diaryl/α,β-unsaturated/α-hetero) is 1. The van der Waals surface area contributed by atoms with E-state index >= 15 is 0 Å². The van der Waals surface area contributed by atoms with Crippen LogP contribution in [0.4, 0.5) is 11.4 Å². The minimum atomic E-state index is -1.95. The highest BCUT2D eigenvalue weighted by atomic mass is 16.7. The largest absolute Gasteiger partial charge is 0.507 e. The van der Waals surface area contributed by atoms with Crippen molar-refractivity contribution in [1.82, 2.24) is 9.80 Å². The number of piperidine rings is 2. The van der Waals surface area contributed by atoms with Gasteiger partial charge in [-0.1, -0.05) is 51.1 Å². The lowest BCUT2D eigenvalue weighted by Gasteiger charge is -2.36. The van der Waals surface area contributed by atoms with Crippen LogP contribution in [0.2, 0.25) is 0 Å². The number of aliphatic hydroxyl groups is 2. The molecule has 6 aliphatic rings. The SMILES string of the molecule is C/C1=C/C=C/C(C)[C@H](O)CC(O)C[C@H](OC(=O)CC(=O)N2CCC(Nc3ccccc3C#N)CC2)CC/C=C/O[C@@]2(C)Oc3c(C)c(O)c4c(O)c(c5c(c4c3C2=O)=NC2(CCN(CC(C)C)CC2)N=5)NC1=O. The Morgan fingerprint density at radius 1 is 1.00 bits per heavy atom. The number of aliphatic hydroxyl groups excluding tert-OH is 2. The van der Waals surface area contributed by atoms with E-state index in [1.807, 2.05) is 12.1 Å². The standard InChI is InChI=1S/C55H67N7O11/c1-31(2)30-61-23-19-55(20-24-61)59-46-43-44-49(67)34(5)51-45(43)52(69)54(6,73-51)71-25-10-9-15-38(72-42(66)28-41(65)62-21-17-36(18-22-62)57-39-16-8-7-14-35(39)29-56)26-37(63)27-40(64)32(3)12-11-13-33(4)53(70)58-48(50(44)68)47(46)60-55/h7-8,10-14,16,25,31-32,36-38,40,57,63-64,67-68H,9,15,17-24,26-28,30H2,1-6H3,(H,58,70)/b12-11+,25-10+,33-13-/t32?,37?,38-,40-,54+/m1/s1. The number of aromatic hydroxyl groups is 2. The highest BCUT2D eigenvalue weighted by Gasteiger charge is 2.50. The van der Waals surface area contributed by atoms with E-state index in [0.717, 1.165) is 12.2 Å². The number of ketones is 1. The van der Waals surface area contributed by atoms with Crippen molar-refractivity contribution in [3.05, 3.63) is 87.8 Å². The van der Waals surface area contributed by atoms with E-state index in [1.54, 1.807) is 62.1 Å². The van der Waals surface area contributed by atoms with Crippen LogP contribution in [0.15, 0.2) is 70.4 Å². The van der Waals surface area contributed by atoms with Crippen LogP contribution in [0.5, 0.6) is 17.2 Å². The fraction of sp³-hybridized carbons (Fsp3) is 0.509. The first-order valence-corrected chi connectivity index (χ1v) is 25.4. The van der Waals surface area contributed by atoms with Crippen molar-refractivity contribution >= 4 is 45.7 Å². The number of ether oxygens (including phenoxy) is 3. The third-order valence-corrected chi connectivity index (χ3v) is 14.6. The van der Waals surface area contributed by atoms with Gasteiger partial charge in [-0.15, -0.1) is 0 Å². The molecule has 3 aromatic rings. The maximum absolute atomic E-state index is 14.7. The second-order valence-electron chi connectivity index (χ2n) is 20.7. The Morgan fingerprint density at radius 2 is 1.71 bits per heavy atom. The summed E-state index contributed by atoms with van der Waals surface area (Å²) in [6, 6.07) is 9.45. The normalized spacial score (nSPS) is 26.4. The van der Waals surface area contributed by atoms with Crippen molar-refractivity contribution in [2.45, 2.75) is 135 Å². The van der Waals surface area contributed by atoms with Crippen LogP contribution in [-0.4, -0.2) is 122 Å². The summed E-state index contributed by atoms with van der Waals surface area (Å²) in [7, 11) is 0. The zero-order valence-electron chi connectivity index (χ0n) is 42.4. The quantitative estimate of drug-likeness (QED) is 0.0939. The molecule has 1 spiro atoms. The molecule has 5 atom stereocenters. The molecule has 2 amide bonds. The number of para-hydroxylation sites is 1. The van der Waals surface area contributed by atoms with Gasteiger partial charge in [-0.2, -0.15) is 5.26 Å². The number of phenols is 2. The molecule has 388 valence electrons. The first-order chi connectivity index (χ1) is 34.8. The predicted molar refractivity (Wildman–Crippen MR) is 271 cm³/mol. The van der Waals surface area contributed by atoms with Gasteiger partial charge < -0.3 is 55.1 Å². The molecule has 2 unspecified atom stereocenters. The summed E-state index contributed by atoms with van der Waals surface area (Å²) in [4.78, 5) is 69.7. The van der Waals surface area contributed by atoms with Crippen LogP contribution in [0.3, 0.4) is 0 Å². The number of carbonyl (C=O) groups excluding carboxylic acids is 4. The maximum Gasteiger partial charge on any atom is 0.315 e. The summed E-state index contributed by atoms with van der Waals surface area (Å²) < 4.78 is 18.2. The molecule has 2 saturated heterocycles. The first-order valence-electron chi connectivity index (χ1n) is 25.4. The number of nitriles is 1. The van der Waals surface area contributed by atoms with Crippen LogP contribution in [0.25, 0.3) is 10.8 Å². The lowest BCUT2D eigenvalue weighted by molar-refractivity contribution is -0.155. The number of fused-ring (bicyclic) bond motifs is 13. The zero-order chi connectivity index (χ0) is 52.4. The lowest BCUT2D eigenvalue weighted by Crippen LogP contribution is -2.43. The molecule has 0 aliphatic carbocycles. The van der Waals surface area contributed by atoms with Gasteiger partial charge in [0.05, 0.1) is 46.0 Å². The first kappa shape index (κ1) is 52.5. The van der Waals surface area contributed by atoms with Crippen LogP contribution < -0.4 is 26.1 Å². The average molecular weight is 1000 g/mol. The summed E-state index contributed by atoms with van der Waals surface area (Å²) in [5.74, 6) is -5.19. The fourth-order valence-electron chi connectivity index (χ4n) is 10.4. The lowest BCUT2D eigenvalue weighted by atomic mass is 9.93. The third kappa shape index (κ3) is 11.2. The Labute approximate surface area is 424 Å². The Morgan fingerprint density at radius 3 is 2.42 bits per heavy atom. The van der Waals surface area contributed by atoms with Gasteiger partial charge in [0, 0.05) is 87.4 Å². The van der Waals surface area contributed by atoms with E-state index in [9.17, 15) is 44.9 Å². The third-order valence-electron chi connectivity index (χ3n) is 14.6. The van der Waals surface area contributed by atoms with E-state index in [2.05, 4.69) is 35.5 Å². The number of carbonyl (C=O) groups is 4. The number of phenolic OH excluding ortho intramolecular Hbond substituents is 2. The molecule has 5 bridgehead atoms. The van der Waals surface area contributed by atoms with E-state index in [1.165, 1.54) is 13.2 Å². The Kier molecular flexibility index (Phi) is 15.6. The molecular weight excluding hydrogens is 935 g/mol. The molecule has 3 aromatic carbocycles. The maximum atomic E-state index is 14.7. The van der Waals surface area contributed by atoms with Crippen LogP contribution >= 0.6 is 0 Å². The van der Waals surface area contributed by atoms with Gasteiger partial charge >= 0.3 is 11.8 Å². The van der Waals surface area contributed by atoms with E-state index in [0.29, 0.717) is 63.3 Å². The number of nitrogens with zero attached hydrogens (tertiary/aromatic N) is 5. The molecule has 0 radical (unpaired) electrons. The summed E-state index contributed by atoms with van der Waals surface area (Å²) >= 11 is 0. The number of nitrogens with one attached hydrogen (secondary N) is 2. The number of likely N-dealkylation sites (tertiary alicyclic amines) is 2. The van der Waals surface area contributed by atoms with Gasteiger partial charge in [0.1, 0.15) is 41.1 Å². The second-order valence-corrected chi connectivity index (χ2v) is 20.7. The molecule has 6 aliphatic heterocycles. The van der Waals surface area contributed by atoms with Crippen molar-refractivity contribution in [1.29, 1.82) is 5.26 Å². The molecule has 2 fully saturated rings. The topological polar surface area (TPSA) is 256 Å². The van der Waals surface area contributed by atoms with Crippen molar-refractivity contribution in [3.8, 4) is 23.3 Å². The van der Waals surface area contributed by atoms with Crippen LogP contribution in [0.1, 0.15) is 114 Å². The van der Waals surface area contributed by atoms with Gasteiger partial charge in [-0.3, -0.25) is 29.2 Å². The summed E-state index contributed by atoms with van der Waals surface area (Å²) in [6.07, 6.45) is 6.76. The number of hydrogen-bond acceptors (Lipinski definition) is 16. The number of anilines is 2. The summed E-state index contributed by atoms with van der Waals surface area (Å²) in [5.41, 5.74) is 0.636. The number of hydrogen-bond donors (Lipinski definition) is 6. The van der Waals surface area contributed by atoms with Crippen LogP contribution in [-0.2, 0) is 23.9 Å². The van der Waals surface area contributed by atoms with E-state index < -0.39 is 71.4 Å². The molecule has 0 saturated carbocycles. The summed E-state index contributed by atoms with van der Waals surface area (Å²) in [5, 5.41) is 62.5. The van der Waals surface area contributed by atoms with Gasteiger partial charge in [0.25, 0.3) is 11.7 Å². The van der Waals surface area contributed by atoms with Crippen molar-refractivity contribution in [2.75, 3.05) is 43.4 Å². The van der Waals surface area contributed by atoms with Crippen molar-refractivity contribution in [3.63, 3.8) is 0 Å². The van der Waals surface area contributed by atoms with Crippen LogP contribution in [0, 0.1) is 30.1 Å². The monoisotopic (exact) mass is 1000 g/mol. The van der Waals surface area contributed by atoms with E-state index in [-0.39, 0.29) is 87.1 Å². The molecule has 18 nitrogen and oxygen atoms in total. The second kappa shape index (κ2) is 21.7. The fourth-order valence-corrected chi connectivity index (χ4v) is 10.4. The molecule has 18 heteroatoms. The van der Waals surface area contributed by atoms with Gasteiger partial charge in [-0.05, 0) is 70.1 Å². The predicted octanol–water partition coefficient (Wildman–Crippen LogP) is 5.73. The smallest absolute Gasteiger partial charge is 0.315 e. The Balaban J connectivity index is 1.05. The summed E-state index contributed by atoms with van der Waals surface area (Å²) in [6.45, 7) is 13.7. The minimum Gasteiger partial charge on any atom is -0.507 e. The molecule has 73 heavy (non-hydrogen) atoms. The molecule has 6 N–H and O–H groups in total. The van der Waals surface area contributed by atoms with Gasteiger partial charge in [0.2, 0.25) is 5.91 Å². The van der Waals surface area contributed by atoms with Gasteiger partial charge in [0.15, 0.2) is 11.4 Å². The van der Waals surface area contributed by atoms with Crippen molar-refractivity contribution < 1.29 is 53.8 Å². The molecule has 0 aromatic heterocycles.